The van der Waals surface area contributed by atoms with E-state index >= 15 is 0 Å². The van der Waals surface area contributed by atoms with Gasteiger partial charge in [0.25, 0.3) is 5.91 Å². The molecule has 0 radical (unpaired) electrons. The van der Waals surface area contributed by atoms with Crippen LogP contribution in [-0.4, -0.2) is 22.3 Å². The van der Waals surface area contributed by atoms with Crippen molar-refractivity contribution in [3.05, 3.63) is 47.7 Å². The number of hydrogen-bond acceptors (Lipinski definition) is 3. The van der Waals surface area contributed by atoms with Crippen molar-refractivity contribution < 1.29 is 22.7 Å². The highest BCUT2D eigenvalue weighted by Gasteiger charge is 2.35. The van der Waals surface area contributed by atoms with Crippen LogP contribution in [0.3, 0.4) is 0 Å². The summed E-state index contributed by atoms with van der Waals surface area (Å²) in [5, 5.41) is 3.69. The maximum absolute atomic E-state index is 13.0. The highest BCUT2D eigenvalue weighted by atomic mass is 19.4. The number of hydrogen-bond donors (Lipinski definition) is 1. The van der Waals surface area contributed by atoms with E-state index in [4.69, 9.17) is 10.5 Å². The van der Waals surface area contributed by atoms with Crippen LogP contribution in [0.2, 0.25) is 0 Å². The molecule has 1 heterocycles. The topological polar surface area (TPSA) is 70.1 Å². The summed E-state index contributed by atoms with van der Waals surface area (Å²) in [7, 11) is 0. The van der Waals surface area contributed by atoms with Crippen LogP contribution in [0.4, 0.5) is 13.2 Å². The first-order valence-corrected chi connectivity index (χ1v) is 7.49. The monoisotopic (exact) mass is 353 g/mol. The summed E-state index contributed by atoms with van der Waals surface area (Å²) in [6.45, 7) is 3.62. The summed E-state index contributed by atoms with van der Waals surface area (Å²) < 4.78 is 45.5. The van der Waals surface area contributed by atoms with Gasteiger partial charge in [0, 0.05) is 5.56 Å². The number of aromatic nitrogens is 2. The molecule has 0 fully saturated rings. The Morgan fingerprint density at radius 2 is 1.96 bits per heavy atom. The highest BCUT2D eigenvalue weighted by Crippen LogP contribution is 2.32. The fourth-order valence-electron chi connectivity index (χ4n) is 2.11. The Balaban J connectivity index is 2.35. The van der Waals surface area contributed by atoms with Crippen molar-refractivity contribution in [2.24, 2.45) is 5.73 Å². The summed E-state index contributed by atoms with van der Waals surface area (Å²) in [6.07, 6.45) is -2.70. The molecule has 0 saturated carbocycles. The Morgan fingerprint density at radius 1 is 1.32 bits per heavy atom. The number of carbonyl (C=O) groups excluding carboxylic acids is 1. The molecule has 25 heavy (non-hydrogen) atoms. The predicted molar refractivity (Wildman–Crippen MR) is 86.8 cm³/mol. The molecular weight excluding hydrogens is 335 g/mol. The third kappa shape index (κ3) is 4.85. The molecule has 0 saturated heterocycles. The van der Waals surface area contributed by atoms with Gasteiger partial charge in [-0.05, 0) is 44.2 Å². The molecule has 2 rings (SSSR count). The molecule has 134 valence electrons. The van der Waals surface area contributed by atoms with Crippen molar-refractivity contribution in [2.75, 3.05) is 6.61 Å². The van der Waals surface area contributed by atoms with Crippen LogP contribution in [0, 0.1) is 0 Å². The maximum atomic E-state index is 13.0. The van der Waals surface area contributed by atoms with Crippen LogP contribution >= 0.6 is 0 Å². The first-order valence-electron chi connectivity index (χ1n) is 7.49. The van der Waals surface area contributed by atoms with Crippen LogP contribution in [-0.2, 0) is 17.5 Å². The zero-order valence-electron chi connectivity index (χ0n) is 13.8. The van der Waals surface area contributed by atoms with Gasteiger partial charge in [-0.15, -0.1) is 0 Å². The Kier molecular flexibility index (Phi) is 5.51. The van der Waals surface area contributed by atoms with Gasteiger partial charge in [-0.3, -0.25) is 9.48 Å². The SMILES string of the molecule is C/C=C(\C)Cn1nc(C(F)(F)F)cc1-c1ccc(OCC(N)=O)cc1. The van der Waals surface area contributed by atoms with Crippen LogP contribution < -0.4 is 10.5 Å². The predicted octanol–water partition coefficient (Wildman–Crippen LogP) is 3.40. The maximum Gasteiger partial charge on any atom is 0.435 e. The van der Waals surface area contributed by atoms with Crippen molar-refractivity contribution in [1.29, 1.82) is 0 Å². The van der Waals surface area contributed by atoms with Gasteiger partial charge in [-0.25, -0.2) is 0 Å². The third-order valence-electron chi connectivity index (χ3n) is 3.49. The van der Waals surface area contributed by atoms with Gasteiger partial charge >= 0.3 is 6.18 Å². The molecule has 2 aromatic rings. The summed E-state index contributed by atoms with van der Waals surface area (Å²) in [5.74, 6) is -0.215. The Morgan fingerprint density at radius 3 is 2.48 bits per heavy atom. The Labute approximate surface area is 142 Å². The Hall–Kier alpha value is -2.77. The van der Waals surface area contributed by atoms with E-state index in [0.29, 0.717) is 17.0 Å². The molecule has 8 heteroatoms. The average molecular weight is 353 g/mol. The number of alkyl halides is 3. The van der Waals surface area contributed by atoms with Gasteiger partial charge in [-0.1, -0.05) is 11.6 Å². The standard InChI is InChI=1S/C17H18F3N3O2/c1-3-11(2)9-23-14(8-15(22-23)17(18,19)20)12-4-6-13(7-5-12)25-10-16(21)24/h3-8H,9-10H2,1-2H3,(H2,21,24)/b11-3+. The first-order chi connectivity index (χ1) is 11.7. The number of benzene rings is 1. The minimum absolute atomic E-state index is 0.252. The largest absolute Gasteiger partial charge is 0.484 e. The van der Waals surface area contributed by atoms with Gasteiger partial charge in [0.05, 0.1) is 12.2 Å². The molecule has 0 spiro atoms. The van der Waals surface area contributed by atoms with E-state index in [0.717, 1.165) is 11.6 Å². The summed E-state index contributed by atoms with van der Waals surface area (Å²) in [6, 6.07) is 7.35. The van der Waals surface area contributed by atoms with Crippen LogP contribution in [0.25, 0.3) is 11.3 Å². The second kappa shape index (κ2) is 7.42. The smallest absolute Gasteiger partial charge is 0.435 e. The average Bonchev–Trinajstić information content (AvgIpc) is 2.97. The number of ether oxygens (including phenoxy) is 1. The van der Waals surface area contributed by atoms with Gasteiger partial charge in [0.2, 0.25) is 0 Å². The fraction of sp³-hybridized carbons (Fsp3) is 0.294. The van der Waals surface area contributed by atoms with E-state index < -0.39 is 17.8 Å². The lowest BCUT2D eigenvalue weighted by Crippen LogP contribution is -2.19. The van der Waals surface area contributed by atoms with E-state index in [1.807, 2.05) is 19.9 Å². The lowest BCUT2D eigenvalue weighted by molar-refractivity contribution is -0.141. The van der Waals surface area contributed by atoms with Gasteiger partial charge in [0.15, 0.2) is 12.3 Å². The molecule has 0 atom stereocenters. The number of nitrogens with zero attached hydrogens (tertiary/aromatic N) is 2. The van der Waals surface area contributed by atoms with E-state index in [2.05, 4.69) is 5.10 Å². The molecule has 0 aliphatic rings. The minimum atomic E-state index is -4.52. The van der Waals surface area contributed by atoms with Gasteiger partial charge in [0.1, 0.15) is 5.75 Å². The normalized spacial score (nSPS) is 12.3. The summed E-state index contributed by atoms with van der Waals surface area (Å²) in [4.78, 5) is 10.7. The van der Waals surface area contributed by atoms with E-state index in [1.165, 1.54) is 4.68 Å². The molecular formula is C17H18F3N3O2. The van der Waals surface area contributed by atoms with E-state index in [-0.39, 0.29) is 13.2 Å². The van der Waals surface area contributed by atoms with Crippen molar-refractivity contribution in [1.82, 2.24) is 9.78 Å². The zero-order chi connectivity index (χ0) is 18.6. The summed E-state index contributed by atoms with van der Waals surface area (Å²) in [5.41, 5.74) is 5.84. The van der Waals surface area contributed by atoms with Gasteiger partial charge in [-0.2, -0.15) is 18.3 Å². The van der Waals surface area contributed by atoms with Crippen molar-refractivity contribution in [3.63, 3.8) is 0 Å². The minimum Gasteiger partial charge on any atom is -0.484 e. The lowest BCUT2D eigenvalue weighted by atomic mass is 10.1. The number of primary amides is 1. The molecule has 1 amide bonds. The first kappa shape index (κ1) is 18.6. The van der Waals surface area contributed by atoms with E-state index in [1.54, 1.807) is 24.3 Å². The number of rotatable bonds is 6. The number of nitrogens with two attached hydrogens (primary N) is 1. The summed E-state index contributed by atoms with van der Waals surface area (Å²) >= 11 is 0. The second-order valence-corrected chi connectivity index (χ2v) is 5.48. The molecule has 1 aromatic heterocycles. The van der Waals surface area contributed by atoms with E-state index in [9.17, 15) is 18.0 Å². The highest BCUT2D eigenvalue weighted by molar-refractivity contribution is 5.75. The van der Waals surface area contributed by atoms with Crippen molar-refractivity contribution >= 4 is 5.91 Å². The zero-order valence-corrected chi connectivity index (χ0v) is 13.8. The van der Waals surface area contributed by atoms with Crippen LogP contribution in [0.15, 0.2) is 42.0 Å². The third-order valence-corrected chi connectivity index (χ3v) is 3.49. The molecule has 2 N–H and O–H groups in total. The molecule has 0 aliphatic carbocycles. The molecule has 5 nitrogen and oxygen atoms in total. The number of carbonyl (C=O) groups is 1. The molecule has 0 bridgehead atoms. The van der Waals surface area contributed by atoms with Gasteiger partial charge < -0.3 is 10.5 Å². The van der Waals surface area contributed by atoms with Crippen LogP contribution in [0.5, 0.6) is 5.75 Å². The fourth-order valence-corrected chi connectivity index (χ4v) is 2.11. The Bertz CT molecular complexity index is 777. The molecule has 0 aliphatic heterocycles. The van der Waals surface area contributed by atoms with Crippen molar-refractivity contribution in [2.45, 2.75) is 26.6 Å². The lowest BCUT2D eigenvalue weighted by Gasteiger charge is -2.09. The number of allylic oxidation sites excluding steroid dienone is 2. The number of amides is 1. The van der Waals surface area contributed by atoms with Crippen molar-refractivity contribution in [3.8, 4) is 17.0 Å². The molecule has 1 aromatic carbocycles. The quantitative estimate of drug-likeness (QED) is 0.809. The van der Waals surface area contributed by atoms with Crippen LogP contribution in [0.1, 0.15) is 19.5 Å². The molecule has 0 unspecified atom stereocenters. The second-order valence-electron chi connectivity index (χ2n) is 5.48. The number of halogens is 3.